The van der Waals surface area contributed by atoms with E-state index in [1.807, 2.05) is 0 Å². The number of benzene rings is 2. The summed E-state index contributed by atoms with van der Waals surface area (Å²) in [6.45, 7) is -1.40. The number of hydrogen-bond acceptors (Lipinski definition) is 8. The van der Waals surface area contributed by atoms with Crippen molar-refractivity contribution < 1.29 is 50.1 Å². The Morgan fingerprint density at radius 2 is 1.62 bits per heavy atom. The Kier molecular flexibility index (Phi) is 11.5. The second-order valence-electron chi connectivity index (χ2n) is 10.5. The molecule has 3 aromatic rings. The molecule has 3 N–H and O–H groups in total. The van der Waals surface area contributed by atoms with Gasteiger partial charge in [-0.15, -0.1) is 0 Å². The summed E-state index contributed by atoms with van der Waals surface area (Å²) in [5.74, 6) is -4.24. The minimum absolute atomic E-state index is 0.116. The summed E-state index contributed by atoms with van der Waals surface area (Å²) in [4.78, 5) is 28.8. The molecule has 14 heteroatoms. The zero-order valence-corrected chi connectivity index (χ0v) is 23.9. The first-order chi connectivity index (χ1) is 21.4. The van der Waals surface area contributed by atoms with E-state index in [0.717, 1.165) is 6.20 Å². The minimum Gasteiger partial charge on any atom is -0.487 e. The molecule has 0 unspecified atom stereocenters. The Hall–Kier alpha value is -4.01. The van der Waals surface area contributed by atoms with E-state index in [2.05, 4.69) is 15.0 Å². The van der Waals surface area contributed by atoms with Crippen molar-refractivity contribution in [3.63, 3.8) is 0 Å². The average Bonchev–Trinajstić information content (AvgIpc) is 3.01. The summed E-state index contributed by atoms with van der Waals surface area (Å²) < 4.78 is 94.2. The highest BCUT2D eigenvalue weighted by atomic mass is 19.4. The van der Waals surface area contributed by atoms with Crippen LogP contribution in [0.1, 0.15) is 35.4 Å². The summed E-state index contributed by atoms with van der Waals surface area (Å²) in [7, 11) is 0. The van der Waals surface area contributed by atoms with Crippen molar-refractivity contribution in [1.29, 1.82) is 0 Å². The smallest absolute Gasteiger partial charge is 0.422 e. The van der Waals surface area contributed by atoms with E-state index >= 15 is 0 Å². The number of alkyl halides is 3. The molecule has 1 aliphatic rings. The van der Waals surface area contributed by atoms with Crippen LogP contribution in [-0.4, -0.2) is 67.5 Å². The first kappa shape index (κ1) is 33.9. The summed E-state index contributed by atoms with van der Waals surface area (Å²) in [6, 6.07) is 9.34. The molecule has 0 aliphatic carbocycles. The fraction of sp³-hybridized carbons (Fsp3) is 0.387. The predicted molar refractivity (Wildman–Crippen MR) is 149 cm³/mol. The molecular weight excluding hydrogens is 608 g/mol. The van der Waals surface area contributed by atoms with Crippen LogP contribution < -0.4 is 15.8 Å². The largest absolute Gasteiger partial charge is 0.487 e. The number of carbonyl (C=O) groups excluding carboxylic acids is 2. The predicted octanol–water partition coefficient (Wildman–Crippen LogP) is 4.39. The monoisotopic (exact) mass is 639 g/mol. The number of hydrogen-bond donors (Lipinski definition) is 2. The van der Waals surface area contributed by atoms with Crippen LogP contribution in [0.4, 0.5) is 26.3 Å². The van der Waals surface area contributed by atoms with Gasteiger partial charge in [-0.2, -0.15) is 13.2 Å². The third-order valence-electron chi connectivity index (χ3n) is 7.16. The molecular formula is C31H31F6N3O5. The van der Waals surface area contributed by atoms with Gasteiger partial charge in [-0.3, -0.25) is 14.6 Å². The van der Waals surface area contributed by atoms with Crippen LogP contribution in [0.2, 0.25) is 0 Å². The second kappa shape index (κ2) is 15.3. The molecule has 45 heavy (non-hydrogen) atoms. The van der Waals surface area contributed by atoms with E-state index in [-0.39, 0.29) is 56.4 Å². The van der Waals surface area contributed by atoms with Gasteiger partial charge in [0, 0.05) is 43.1 Å². The fourth-order valence-electron chi connectivity index (χ4n) is 4.85. The highest BCUT2D eigenvalue weighted by Gasteiger charge is 2.31. The van der Waals surface area contributed by atoms with Crippen molar-refractivity contribution in [1.82, 2.24) is 10.3 Å². The Bertz CT molecular complexity index is 1390. The average molecular weight is 640 g/mol. The Balaban J connectivity index is 1.35. The molecule has 1 aromatic heterocycles. The van der Waals surface area contributed by atoms with Gasteiger partial charge in [-0.05, 0) is 41.8 Å². The van der Waals surface area contributed by atoms with Crippen LogP contribution in [0.15, 0.2) is 60.9 Å². The number of nitrogens with zero attached hydrogens (tertiary/aromatic N) is 1. The Morgan fingerprint density at radius 3 is 2.18 bits per heavy atom. The number of esters is 1. The molecule has 0 bridgehead atoms. The van der Waals surface area contributed by atoms with Crippen LogP contribution in [0.25, 0.3) is 0 Å². The number of ether oxygens (including phenoxy) is 3. The van der Waals surface area contributed by atoms with Gasteiger partial charge >= 0.3 is 12.1 Å². The van der Waals surface area contributed by atoms with Crippen molar-refractivity contribution in [2.45, 2.75) is 49.5 Å². The van der Waals surface area contributed by atoms with Crippen LogP contribution in [-0.2, 0) is 25.5 Å². The van der Waals surface area contributed by atoms with E-state index in [4.69, 9.17) is 15.2 Å². The van der Waals surface area contributed by atoms with Gasteiger partial charge in [-0.1, -0.05) is 24.3 Å². The van der Waals surface area contributed by atoms with E-state index in [1.54, 1.807) is 0 Å². The zero-order valence-electron chi connectivity index (χ0n) is 23.9. The minimum atomic E-state index is -4.60. The first-order valence-electron chi connectivity index (χ1n) is 14.0. The number of pyridine rings is 1. The fourth-order valence-corrected chi connectivity index (χ4v) is 4.85. The summed E-state index contributed by atoms with van der Waals surface area (Å²) >= 11 is 0. The quantitative estimate of drug-likeness (QED) is 0.209. The third-order valence-corrected chi connectivity index (χ3v) is 7.16. The lowest BCUT2D eigenvalue weighted by atomic mass is 9.82. The SMILES string of the molecule is N[C@H](C(=O)Cc1cncc(F)c1OC[C@@H]1CN[C@H](CCC(=O)OCC(F)(F)F)CO1)C(c1ccc(F)cc1)c1ccc(F)cc1. The molecule has 8 nitrogen and oxygen atoms in total. The van der Waals surface area contributed by atoms with Crippen LogP contribution in [0.3, 0.4) is 0 Å². The molecule has 1 fully saturated rings. The normalized spacial score (nSPS) is 17.6. The molecule has 0 amide bonds. The lowest BCUT2D eigenvalue weighted by Gasteiger charge is -2.30. The molecule has 1 saturated heterocycles. The number of Topliss-reactive ketones (excluding diaryl/α,β-unsaturated/α-hetero) is 1. The maximum Gasteiger partial charge on any atom is 0.422 e. The number of ketones is 1. The second-order valence-corrected chi connectivity index (χ2v) is 10.5. The highest BCUT2D eigenvalue weighted by Crippen LogP contribution is 2.30. The molecule has 0 radical (unpaired) electrons. The number of aromatic nitrogens is 1. The molecule has 242 valence electrons. The van der Waals surface area contributed by atoms with E-state index in [9.17, 15) is 35.9 Å². The van der Waals surface area contributed by atoms with E-state index < -0.39 is 60.1 Å². The topological polar surface area (TPSA) is 113 Å². The number of morpholine rings is 1. The molecule has 2 aromatic carbocycles. The Morgan fingerprint density at radius 1 is 1.00 bits per heavy atom. The molecule has 4 rings (SSSR count). The summed E-state index contributed by atoms with van der Waals surface area (Å²) in [5.41, 5.74) is 7.60. The molecule has 1 aliphatic heterocycles. The van der Waals surface area contributed by atoms with Gasteiger partial charge in [0.25, 0.3) is 0 Å². The standard InChI is InChI=1S/C31H31F6N3O5/c32-21-5-1-18(2-6-21)28(19-3-7-22(33)8-4-19)29(38)26(41)11-20-12-39-14-25(34)30(20)44-16-24-13-40-23(15-43-24)9-10-27(42)45-17-31(35,36)37/h1-8,12,14,23-24,28-29,40H,9-11,13,15-17,38H2/t23-,24+,29-/m1/s1. The van der Waals surface area contributed by atoms with Crippen LogP contribution in [0, 0.1) is 17.5 Å². The van der Waals surface area contributed by atoms with Gasteiger partial charge in [-0.25, -0.2) is 13.2 Å². The molecule has 2 heterocycles. The van der Waals surface area contributed by atoms with Gasteiger partial charge in [0.05, 0.1) is 18.8 Å². The van der Waals surface area contributed by atoms with Gasteiger partial charge in [0.1, 0.15) is 24.3 Å². The maximum atomic E-state index is 14.8. The lowest BCUT2D eigenvalue weighted by molar-refractivity contribution is -0.186. The van der Waals surface area contributed by atoms with Crippen molar-refractivity contribution in [3.8, 4) is 5.75 Å². The number of nitrogens with two attached hydrogens (primary N) is 1. The van der Waals surface area contributed by atoms with Crippen molar-refractivity contribution in [2.75, 3.05) is 26.4 Å². The van der Waals surface area contributed by atoms with Gasteiger partial charge in [0.15, 0.2) is 24.0 Å². The van der Waals surface area contributed by atoms with E-state index in [1.165, 1.54) is 54.7 Å². The molecule has 3 atom stereocenters. The van der Waals surface area contributed by atoms with Crippen molar-refractivity contribution in [3.05, 3.63) is 95.1 Å². The molecule has 0 spiro atoms. The van der Waals surface area contributed by atoms with Crippen LogP contribution >= 0.6 is 0 Å². The number of carbonyl (C=O) groups is 2. The van der Waals surface area contributed by atoms with Crippen molar-refractivity contribution in [2.24, 2.45) is 5.73 Å². The first-order valence-corrected chi connectivity index (χ1v) is 14.0. The van der Waals surface area contributed by atoms with E-state index in [0.29, 0.717) is 11.1 Å². The molecule has 0 saturated carbocycles. The lowest BCUT2D eigenvalue weighted by Crippen LogP contribution is -2.48. The zero-order chi connectivity index (χ0) is 32.6. The van der Waals surface area contributed by atoms with Gasteiger partial charge < -0.3 is 25.3 Å². The number of halogens is 6. The third kappa shape index (κ3) is 9.99. The highest BCUT2D eigenvalue weighted by molar-refractivity contribution is 5.88. The van der Waals surface area contributed by atoms with Crippen molar-refractivity contribution >= 4 is 11.8 Å². The van der Waals surface area contributed by atoms with Crippen LogP contribution in [0.5, 0.6) is 5.75 Å². The summed E-state index contributed by atoms with van der Waals surface area (Å²) in [6.07, 6.45) is -3.33. The number of rotatable bonds is 13. The summed E-state index contributed by atoms with van der Waals surface area (Å²) in [5, 5.41) is 3.10. The Labute approximate surface area is 254 Å². The van der Waals surface area contributed by atoms with Gasteiger partial charge in [0.2, 0.25) is 0 Å². The number of nitrogens with one attached hydrogen (secondary N) is 1. The maximum absolute atomic E-state index is 14.8.